The Bertz CT molecular complexity index is 655. The first-order valence-electron chi connectivity index (χ1n) is 6.31. The number of benzene rings is 2. The summed E-state index contributed by atoms with van der Waals surface area (Å²) in [7, 11) is 0. The second-order valence-electron chi connectivity index (χ2n) is 5.14. The van der Waals surface area contributed by atoms with E-state index in [1.807, 2.05) is 13.0 Å². The molecule has 0 spiro atoms. The van der Waals surface area contributed by atoms with Crippen molar-refractivity contribution in [2.45, 2.75) is 27.7 Å². The first-order chi connectivity index (χ1) is 8.88. The van der Waals surface area contributed by atoms with Gasteiger partial charge in [-0.1, -0.05) is 18.2 Å². The van der Waals surface area contributed by atoms with E-state index in [4.69, 9.17) is 5.11 Å². The Morgan fingerprint density at radius 2 is 1.47 bits per heavy atom. The summed E-state index contributed by atoms with van der Waals surface area (Å²) in [6.07, 6.45) is 0. The Hall–Kier alpha value is -2.09. The highest BCUT2D eigenvalue weighted by molar-refractivity contribution is 5.90. The summed E-state index contributed by atoms with van der Waals surface area (Å²) in [4.78, 5) is 11.1. The molecule has 0 aliphatic rings. The molecule has 0 atom stereocenters. The third kappa shape index (κ3) is 2.68. The number of aromatic carboxylic acids is 1. The van der Waals surface area contributed by atoms with Crippen molar-refractivity contribution < 1.29 is 9.90 Å². The summed E-state index contributed by atoms with van der Waals surface area (Å²) in [6.45, 7) is 8.15. The van der Waals surface area contributed by atoms with Crippen LogP contribution in [0.4, 0.5) is 0 Å². The zero-order valence-electron chi connectivity index (χ0n) is 11.7. The average molecular weight is 254 g/mol. The fourth-order valence-electron chi connectivity index (χ4n) is 2.33. The van der Waals surface area contributed by atoms with Crippen LogP contribution in [0.5, 0.6) is 0 Å². The van der Waals surface area contributed by atoms with Crippen LogP contribution < -0.4 is 0 Å². The van der Waals surface area contributed by atoms with Crippen molar-refractivity contribution in [3.05, 3.63) is 58.1 Å². The maximum Gasteiger partial charge on any atom is 0.335 e. The minimum atomic E-state index is -0.883. The van der Waals surface area contributed by atoms with E-state index in [0.29, 0.717) is 5.56 Å². The minimum absolute atomic E-state index is 0.340. The molecule has 0 radical (unpaired) electrons. The van der Waals surface area contributed by atoms with Crippen LogP contribution in [-0.4, -0.2) is 11.1 Å². The van der Waals surface area contributed by atoms with Gasteiger partial charge in [-0.05, 0) is 73.2 Å². The predicted molar refractivity (Wildman–Crippen MR) is 77.8 cm³/mol. The molecular formula is C17H18O2. The molecular weight excluding hydrogens is 236 g/mol. The van der Waals surface area contributed by atoms with Gasteiger partial charge in [-0.3, -0.25) is 0 Å². The van der Waals surface area contributed by atoms with Crippen LogP contribution in [0.2, 0.25) is 0 Å². The monoisotopic (exact) mass is 254 g/mol. The molecule has 2 aromatic rings. The largest absolute Gasteiger partial charge is 0.478 e. The van der Waals surface area contributed by atoms with Gasteiger partial charge in [-0.15, -0.1) is 0 Å². The van der Waals surface area contributed by atoms with Gasteiger partial charge in [0.25, 0.3) is 0 Å². The molecule has 0 aromatic heterocycles. The molecule has 98 valence electrons. The lowest BCUT2D eigenvalue weighted by molar-refractivity contribution is 0.0697. The number of hydrogen-bond donors (Lipinski definition) is 1. The highest BCUT2D eigenvalue weighted by Crippen LogP contribution is 2.28. The lowest BCUT2D eigenvalue weighted by Gasteiger charge is -2.11. The summed E-state index contributed by atoms with van der Waals surface area (Å²) >= 11 is 0. The Morgan fingerprint density at radius 1 is 0.842 bits per heavy atom. The van der Waals surface area contributed by atoms with Crippen molar-refractivity contribution in [3.63, 3.8) is 0 Å². The first kappa shape index (κ1) is 13.3. The summed E-state index contributed by atoms with van der Waals surface area (Å²) < 4.78 is 0. The highest BCUT2D eigenvalue weighted by Gasteiger charge is 2.09. The standard InChI is InChI=1S/C17H18O2/c1-10-5-14(9-15(6-10)17(18)19)16-8-12(3)11(2)7-13(16)4/h5-9H,1-4H3,(H,18,19). The zero-order chi connectivity index (χ0) is 14.2. The summed E-state index contributed by atoms with van der Waals surface area (Å²) in [5.74, 6) is -0.883. The van der Waals surface area contributed by atoms with Crippen molar-refractivity contribution in [1.82, 2.24) is 0 Å². The fourth-order valence-corrected chi connectivity index (χ4v) is 2.33. The predicted octanol–water partition coefficient (Wildman–Crippen LogP) is 4.29. The van der Waals surface area contributed by atoms with E-state index < -0.39 is 5.97 Å². The number of carbonyl (C=O) groups is 1. The van der Waals surface area contributed by atoms with Gasteiger partial charge in [0.05, 0.1) is 5.56 Å². The van der Waals surface area contributed by atoms with E-state index >= 15 is 0 Å². The van der Waals surface area contributed by atoms with Crippen LogP contribution in [-0.2, 0) is 0 Å². The third-order valence-corrected chi connectivity index (χ3v) is 3.48. The maximum atomic E-state index is 11.1. The van der Waals surface area contributed by atoms with Gasteiger partial charge >= 0.3 is 5.97 Å². The van der Waals surface area contributed by atoms with Crippen molar-refractivity contribution in [3.8, 4) is 11.1 Å². The number of carboxylic acids is 1. The molecule has 0 unspecified atom stereocenters. The molecule has 19 heavy (non-hydrogen) atoms. The van der Waals surface area contributed by atoms with Crippen molar-refractivity contribution in [2.24, 2.45) is 0 Å². The Labute approximate surface area is 113 Å². The SMILES string of the molecule is Cc1cc(C(=O)O)cc(-c2cc(C)c(C)cc2C)c1. The normalized spacial score (nSPS) is 10.5. The van der Waals surface area contributed by atoms with E-state index in [2.05, 4.69) is 32.9 Å². The number of rotatable bonds is 2. The molecule has 0 aliphatic carbocycles. The summed E-state index contributed by atoms with van der Waals surface area (Å²) in [5, 5.41) is 9.15. The molecule has 1 N–H and O–H groups in total. The molecule has 0 aliphatic heterocycles. The van der Waals surface area contributed by atoms with Crippen LogP contribution in [0.1, 0.15) is 32.6 Å². The van der Waals surface area contributed by atoms with Gasteiger partial charge in [0.2, 0.25) is 0 Å². The van der Waals surface area contributed by atoms with Gasteiger partial charge in [-0.2, -0.15) is 0 Å². The maximum absolute atomic E-state index is 11.1. The Kier molecular flexibility index (Phi) is 3.43. The van der Waals surface area contributed by atoms with Crippen LogP contribution >= 0.6 is 0 Å². The van der Waals surface area contributed by atoms with Crippen LogP contribution in [0, 0.1) is 27.7 Å². The lowest BCUT2D eigenvalue weighted by atomic mass is 9.93. The quantitative estimate of drug-likeness (QED) is 0.868. The summed E-state index contributed by atoms with van der Waals surface area (Å²) in [6, 6.07) is 9.75. The molecule has 2 rings (SSSR count). The molecule has 0 heterocycles. The smallest absolute Gasteiger partial charge is 0.335 e. The topological polar surface area (TPSA) is 37.3 Å². The highest BCUT2D eigenvalue weighted by atomic mass is 16.4. The molecule has 0 saturated carbocycles. The molecule has 0 saturated heterocycles. The Morgan fingerprint density at radius 3 is 2.11 bits per heavy atom. The lowest BCUT2D eigenvalue weighted by Crippen LogP contribution is -1.98. The molecule has 2 nitrogen and oxygen atoms in total. The van der Waals surface area contributed by atoms with E-state index in [-0.39, 0.29) is 0 Å². The summed E-state index contributed by atoms with van der Waals surface area (Å²) in [5.41, 5.74) is 7.03. The van der Waals surface area contributed by atoms with E-state index in [9.17, 15) is 4.79 Å². The molecule has 2 aromatic carbocycles. The van der Waals surface area contributed by atoms with Crippen LogP contribution in [0.25, 0.3) is 11.1 Å². The molecule has 0 amide bonds. The van der Waals surface area contributed by atoms with E-state index in [1.54, 1.807) is 12.1 Å². The third-order valence-electron chi connectivity index (χ3n) is 3.48. The van der Waals surface area contributed by atoms with E-state index in [0.717, 1.165) is 16.7 Å². The molecule has 2 heteroatoms. The second-order valence-corrected chi connectivity index (χ2v) is 5.14. The zero-order valence-corrected chi connectivity index (χ0v) is 11.7. The molecule has 0 fully saturated rings. The molecule has 0 bridgehead atoms. The van der Waals surface area contributed by atoms with Gasteiger partial charge in [0.1, 0.15) is 0 Å². The van der Waals surface area contributed by atoms with Gasteiger partial charge in [0.15, 0.2) is 0 Å². The van der Waals surface area contributed by atoms with Crippen LogP contribution in [0.15, 0.2) is 30.3 Å². The average Bonchev–Trinajstić information content (AvgIpc) is 2.33. The van der Waals surface area contributed by atoms with Crippen LogP contribution in [0.3, 0.4) is 0 Å². The number of aryl methyl sites for hydroxylation is 4. The van der Waals surface area contributed by atoms with Crippen molar-refractivity contribution >= 4 is 5.97 Å². The Balaban J connectivity index is 2.65. The second kappa shape index (κ2) is 4.88. The minimum Gasteiger partial charge on any atom is -0.478 e. The fraction of sp³-hybridized carbons (Fsp3) is 0.235. The van der Waals surface area contributed by atoms with E-state index in [1.165, 1.54) is 16.7 Å². The van der Waals surface area contributed by atoms with Gasteiger partial charge < -0.3 is 5.11 Å². The number of hydrogen-bond acceptors (Lipinski definition) is 1. The van der Waals surface area contributed by atoms with Crippen molar-refractivity contribution in [2.75, 3.05) is 0 Å². The van der Waals surface area contributed by atoms with Crippen molar-refractivity contribution in [1.29, 1.82) is 0 Å². The first-order valence-corrected chi connectivity index (χ1v) is 6.31. The number of carboxylic acid groups (broad SMARTS) is 1. The van der Waals surface area contributed by atoms with Gasteiger partial charge in [0, 0.05) is 0 Å². The van der Waals surface area contributed by atoms with Gasteiger partial charge in [-0.25, -0.2) is 4.79 Å².